The fraction of sp³-hybridized carbons (Fsp3) is 0.684. The summed E-state index contributed by atoms with van der Waals surface area (Å²) in [4.78, 5) is 18.7. The first kappa shape index (κ1) is 16.0. The Bertz CT molecular complexity index is 606. The number of nitrogens with zero attached hydrogens (tertiary/aromatic N) is 2. The van der Waals surface area contributed by atoms with Crippen LogP contribution in [0.25, 0.3) is 0 Å². The molecule has 1 aromatic rings. The van der Waals surface area contributed by atoms with E-state index in [0.717, 1.165) is 50.4 Å². The van der Waals surface area contributed by atoms with E-state index < -0.39 is 0 Å². The van der Waals surface area contributed by atoms with E-state index in [0.29, 0.717) is 12.3 Å². The number of amides is 1. The van der Waals surface area contributed by atoms with Gasteiger partial charge in [0, 0.05) is 32.3 Å². The molecule has 0 bridgehead atoms. The van der Waals surface area contributed by atoms with Crippen LogP contribution in [0.3, 0.4) is 0 Å². The number of aryl methyl sites for hydroxylation is 1. The van der Waals surface area contributed by atoms with Crippen molar-refractivity contribution in [3.8, 4) is 0 Å². The maximum atomic E-state index is 12.6. The van der Waals surface area contributed by atoms with Crippen molar-refractivity contribution in [1.29, 1.82) is 0 Å². The molecule has 1 amide bonds. The standard InChI is InChI=1S/C19H26N2O3/c1-14-4-7-20-17(10-14)18(22)21-8-5-19(6-9-21)11-16(13-24-19)23-12-15-2-3-15/h4,7,10,15-16H,2-3,5-6,8-9,11-13H2,1H3. The largest absolute Gasteiger partial charge is 0.375 e. The third-order valence-electron chi connectivity index (χ3n) is 5.54. The fourth-order valence-electron chi connectivity index (χ4n) is 3.75. The van der Waals surface area contributed by atoms with Gasteiger partial charge in [0.1, 0.15) is 5.69 Å². The quantitative estimate of drug-likeness (QED) is 0.851. The Kier molecular flexibility index (Phi) is 4.31. The SMILES string of the molecule is Cc1ccnc(C(=O)N2CCC3(CC2)CC(OCC2CC2)CO3)c1. The van der Waals surface area contributed by atoms with E-state index in [1.54, 1.807) is 6.20 Å². The Hall–Kier alpha value is -1.46. The van der Waals surface area contributed by atoms with Crippen molar-refractivity contribution in [2.24, 2.45) is 5.92 Å². The van der Waals surface area contributed by atoms with Crippen LogP contribution in [-0.2, 0) is 9.47 Å². The number of carbonyl (C=O) groups is 1. The second-order valence-corrected chi connectivity index (χ2v) is 7.61. The van der Waals surface area contributed by atoms with Gasteiger partial charge in [-0.1, -0.05) is 0 Å². The van der Waals surface area contributed by atoms with Gasteiger partial charge in [0.25, 0.3) is 5.91 Å². The monoisotopic (exact) mass is 330 g/mol. The number of carbonyl (C=O) groups excluding carboxylic acids is 1. The molecule has 3 fully saturated rings. The maximum Gasteiger partial charge on any atom is 0.272 e. The number of pyridine rings is 1. The minimum Gasteiger partial charge on any atom is -0.375 e. The van der Waals surface area contributed by atoms with Gasteiger partial charge in [-0.3, -0.25) is 9.78 Å². The zero-order chi connectivity index (χ0) is 16.6. The molecule has 1 unspecified atom stereocenters. The fourth-order valence-corrected chi connectivity index (χ4v) is 3.75. The Balaban J connectivity index is 1.30. The molecule has 1 spiro atoms. The molecule has 0 radical (unpaired) electrons. The minimum atomic E-state index is -0.0783. The number of piperidine rings is 1. The van der Waals surface area contributed by atoms with E-state index >= 15 is 0 Å². The third kappa shape index (κ3) is 3.47. The second-order valence-electron chi connectivity index (χ2n) is 7.61. The molecule has 4 rings (SSSR count). The molecule has 3 heterocycles. The van der Waals surface area contributed by atoms with Gasteiger partial charge in [-0.25, -0.2) is 0 Å². The van der Waals surface area contributed by atoms with Crippen molar-refractivity contribution in [3.05, 3.63) is 29.6 Å². The zero-order valence-corrected chi connectivity index (χ0v) is 14.4. The van der Waals surface area contributed by atoms with Crippen molar-refractivity contribution in [3.63, 3.8) is 0 Å². The third-order valence-corrected chi connectivity index (χ3v) is 5.54. The first-order valence-corrected chi connectivity index (χ1v) is 9.11. The highest BCUT2D eigenvalue weighted by molar-refractivity contribution is 5.92. The first-order valence-electron chi connectivity index (χ1n) is 9.11. The van der Waals surface area contributed by atoms with Crippen molar-refractivity contribution < 1.29 is 14.3 Å². The summed E-state index contributed by atoms with van der Waals surface area (Å²) >= 11 is 0. The number of hydrogen-bond donors (Lipinski definition) is 0. The number of likely N-dealkylation sites (tertiary alicyclic amines) is 1. The van der Waals surface area contributed by atoms with Crippen molar-refractivity contribution in [2.45, 2.75) is 50.7 Å². The molecule has 1 atom stereocenters. The van der Waals surface area contributed by atoms with Crippen LogP contribution in [0.15, 0.2) is 18.3 Å². The van der Waals surface area contributed by atoms with E-state index in [9.17, 15) is 4.79 Å². The average molecular weight is 330 g/mol. The first-order chi connectivity index (χ1) is 11.6. The molecule has 130 valence electrons. The van der Waals surface area contributed by atoms with E-state index in [4.69, 9.17) is 9.47 Å². The molecular formula is C19H26N2O3. The van der Waals surface area contributed by atoms with E-state index in [-0.39, 0.29) is 17.6 Å². The van der Waals surface area contributed by atoms with Crippen LogP contribution in [0.2, 0.25) is 0 Å². The average Bonchev–Trinajstić information content (AvgIpc) is 3.35. The summed E-state index contributed by atoms with van der Waals surface area (Å²) in [7, 11) is 0. The number of hydrogen-bond acceptors (Lipinski definition) is 4. The second kappa shape index (κ2) is 6.45. The predicted octanol–water partition coefficient (Wildman–Crippen LogP) is 2.58. The van der Waals surface area contributed by atoms with Crippen LogP contribution in [0.1, 0.15) is 48.2 Å². The van der Waals surface area contributed by atoms with Gasteiger partial charge in [0.05, 0.1) is 18.3 Å². The molecule has 0 N–H and O–H groups in total. The number of rotatable bonds is 4. The zero-order valence-electron chi connectivity index (χ0n) is 14.4. The topological polar surface area (TPSA) is 51.7 Å². The molecular weight excluding hydrogens is 304 g/mol. The van der Waals surface area contributed by atoms with Crippen molar-refractivity contribution >= 4 is 5.91 Å². The van der Waals surface area contributed by atoms with Gasteiger partial charge in [-0.2, -0.15) is 0 Å². The highest BCUT2D eigenvalue weighted by Crippen LogP contribution is 2.38. The lowest BCUT2D eigenvalue weighted by Gasteiger charge is -2.38. The molecule has 24 heavy (non-hydrogen) atoms. The summed E-state index contributed by atoms with van der Waals surface area (Å²) in [5.74, 6) is 0.830. The van der Waals surface area contributed by atoms with Gasteiger partial charge in [0.15, 0.2) is 0 Å². The molecule has 2 aliphatic heterocycles. The molecule has 1 aliphatic carbocycles. The Morgan fingerprint density at radius 3 is 2.92 bits per heavy atom. The van der Waals surface area contributed by atoms with Gasteiger partial charge in [-0.15, -0.1) is 0 Å². The summed E-state index contributed by atoms with van der Waals surface area (Å²) < 4.78 is 12.1. The van der Waals surface area contributed by atoms with Crippen LogP contribution >= 0.6 is 0 Å². The number of aromatic nitrogens is 1. The van der Waals surface area contributed by atoms with Gasteiger partial charge in [-0.05, 0) is 56.2 Å². The summed E-state index contributed by atoms with van der Waals surface area (Å²) in [5, 5.41) is 0. The lowest BCUT2D eigenvalue weighted by Crippen LogP contribution is -2.46. The van der Waals surface area contributed by atoms with Gasteiger partial charge in [0.2, 0.25) is 0 Å². The molecule has 1 aromatic heterocycles. The van der Waals surface area contributed by atoms with Crippen LogP contribution < -0.4 is 0 Å². The van der Waals surface area contributed by atoms with Gasteiger partial charge >= 0.3 is 0 Å². The molecule has 0 aromatic carbocycles. The Morgan fingerprint density at radius 1 is 1.42 bits per heavy atom. The van der Waals surface area contributed by atoms with Crippen LogP contribution in [0.5, 0.6) is 0 Å². The summed E-state index contributed by atoms with van der Waals surface area (Å²) in [6.07, 6.45) is 7.36. The molecule has 2 saturated heterocycles. The van der Waals surface area contributed by atoms with E-state index in [2.05, 4.69) is 4.98 Å². The van der Waals surface area contributed by atoms with Gasteiger partial charge < -0.3 is 14.4 Å². The summed E-state index contributed by atoms with van der Waals surface area (Å²) in [5.41, 5.74) is 1.53. The normalized spacial score (nSPS) is 26.0. The van der Waals surface area contributed by atoms with Crippen LogP contribution in [0, 0.1) is 12.8 Å². The van der Waals surface area contributed by atoms with Crippen molar-refractivity contribution in [2.75, 3.05) is 26.3 Å². The lowest BCUT2D eigenvalue weighted by atomic mass is 9.88. The van der Waals surface area contributed by atoms with Crippen molar-refractivity contribution in [1.82, 2.24) is 9.88 Å². The molecule has 5 nitrogen and oxygen atoms in total. The Morgan fingerprint density at radius 2 is 2.21 bits per heavy atom. The van der Waals surface area contributed by atoms with E-state index in [1.807, 2.05) is 24.0 Å². The maximum absolute atomic E-state index is 12.6. The molecule has 3 aliphatic rings. The summed E-state index contributed by atoms with van der Waals surface area (Å²) in [6, 6.07) is 3.77. The highest BCUT2D eigenvalue weighted by Gasteiger charge is 2.44. The minimum absolute atomic E-state index is 0.0353. The Labute approximate surface area is 143 Å². The van der Waals surface area contributed by atoms with E-state index in [1.165, 1.54) is 12.8 Å². The number of ether oxygens (including phenoxy) is 2. The summed E-state index contributed by atoms with van der Waals surface area (Å²) in [6.45, 7) is 5.07. The molecule has 5 heteroatoms. The molecule has 1 saturated carbocycles. The van der Waals surface area contributed by atoms with Crippen LogP contribution in [0.4, 0.5) is 0 Å². The van der Waals surface area contributed by atoms with Crippen LogP contribution in [-0.4, -0.2) is 53.8 Å². The predicted molar refractivity (Wildman–Crippen MR) is 89.9 cm³/mol. The highest BCUT2D eigenvalue weighted by atomic mass is 16.6. The lowest BCUT2D eigenvalue weighted by molar-refractivity contribution is -0.0411. The smallest absolute Gasteiger partial charge is 0.272 e.